The number of H-pyrrole nitrogens is 1. The maximum Gasteiger partial charge on any atom is 0.269 e. The third-order valence-electron chi connectivity index (χ3n) is 2.92. The number of hydrogen-bond donors (Lipinski definition) is 2. The van der Waals surface area contributed by atoms with E-state index >= 15 is 0 Å². The van der Waals surface area contributed by atoms with E-state index in [1.54, 1.807) is 11.3 Å². The minimum Gasteiger partial charge on any atom is -0.350 e. The van der Waals surface area contributed by atoms with Crippen LogP contribution in [0.5, 0.6) is 0 Å². The van der Waals surface area contributed by atoms with Crippen molar-refractivity contribution >= 4 is 60.0 Å². The molecule has 0 saturated heterocycles. The van der Waals surface area contributed by atoms with Gasteiger partial charge in [0.1, 0.15) is 5.69 Å². The zero-order chi connectivity index (χ0) is 14.1. The number of hydrogen-bond acceptors (Lipinski definition) is 2. The van der Waals surface area contributed by atoms with Crippen LogP contribution in [0.1, 0.15) is 15.4 Å². The molecule has 0 saturated carbocycles. The Kier molecular flexibility index (Phi) is 3.96. The maximum absolute atomic E-state index is 12.2. The molecule has 0 fully saturated rings. The Hall–Kier alpha value is -1.11. The largest absolute Gasteiger partial charge is 0.350 e. The normalized spacial score (nSPS) is 10.9. The van der Waals surface area contributed by atoms with Crippen LogP contribution in [0.4, 0.5) is 0 Å². The Bertz CT molecular complexity index is 778. The highest BCUT2D eigenvalue weighted by atomic mass is 79.9. The van der Waals surface area contributed by atoms with Crippen LogP contribution in [0.2, 0.25) is 0 Å². The number of benzene rings is 1. The van der Waals surface area contributed by atoms with Crippen molar-refractivity contribution in [2.75, 3.05) is 0 Å². The van der Waals surface area contributed by atoms with Crippen LogP contribution in [0.25, 0.3) is 10.9 Å². The first-order valence-electron chi connectivity index (χ1n) is 5.94. The van der Waals surface area contributed by atoms with Gasteiger partial charge in [-0.15, -0.1) is 11.3 Å². The van der Waals surface area contributed by atoms with Crippen molar-refractivity contribution in [3.8, 4) is 0 Å². The van der Waals surface area contributed by atoms with Crippen LogP contribution >= 0.6 is 43.2 Å². The number of halogens is 2. The monoisotopic (exact) mass is 412 g/mol. The molecule has 2 aromatic heterocycles. The lowest BCUT2D eigenvalue weighted by atomic mass is 10.2. The molecule has 102 valence electrons. The van der Waals surface area contributed by atoms with Crippen molar-refractivity contribution in [2.45, 2.75) is 6.54 Å². The van der Waals surface area contributed by atoms with Crippen molar-refractivity contribution in [2.24, 2.45) is 0 Å². The minimum atomic E-state index is -0.113. The second-order valence-electron chi connectivity index (χ2n) is 4.25. The Morgan fingerprint density at radius 2 is 2.00 bits per heavy atom. The fraction of sp³-hybridized carbons (Fsp3) is 0.0714. The van der Waals surface area contributed by atoms with Crippen LogP contribution in [0.3, 0.4) is 0 Å². The molecule has 0 radical (unpaired) electrons. The lowest BCUT2D eigenvalue weighted by Crippen LogP contribution is -2.22. The standard InChI is InChI=1S/C14H10Br2N2OS/c15-11-6-5-8(20-11)7-17-14(19)13-12(16)9-3-1-2-4-10(9)18-13/h1-6,18H,7H2,(H,17,19). The molecule has 3 aromatic rings. The summed E-state index contributed by atoms with van der Waals surface area (Å²) in [5.41, 5.74) is 1.50. The van der Waals surface area contributed by atoms with E-state index < -0.39 is 0 Å². The van der Waals surface area contributed by atoms with Gasteiger partial charge >= 0.3 is 0 Å². The van der Waals surface area contributed by atoms with Gasteiger partial charge in [-0.3, -0.25) is 4.79 Å². The van der Waals surface area contributed by atoms with Gasteiger partial charge in [-0.25, -0.2) is 0 Å². The molecular formula is C14H10Br2N2OS. The number of aromatic nitrogens is 1. The first-order chi connectivity index (χ1) is 9.65. The lowest BCUT2D eigenvalue weighted by Gasteiger charge is -2.02. The summed E-state index contributed by atoms with van der Waals surface area (Å²) in [7, 11) is 0. The molecule has 3 nitrogen and oxygen atoms in total. The molecule has 0 atom stereocenters. The van der Waals surface area contributed by atoms with Gasteiger partial charge in [0.2, 0.25) is 0 Å². The zero-order valence-corrected chi connectivity index (χ0v) is 14.2. The van der Waals surface area contributed by atoms with E-state index in [4.69, 9.17) is 0 Å². The number of amides is 1. The van der Waals surface area contributed by atoms with Gasteiger partial charge in [0.15, 0.2) is 0 Å². The maximum atomic E-state index is 12.2. The first-order valence-corrected chi connectivity index (χ1v) is 8.34. The van der Waals surface area contributed by atoms with Gasteiger partial charge in [-0.2, -0.15) is 0 Å². The number of para-hydroxylation sites is 1. The molecule has 2 N–H and O–H groups in total. The van der Waals surface area contributed by atoms with E-state index in [1.165, 1.54) is 0 Å². The van der Waals surface area contributed by atoms with Crippen LogP contribution in [0.15, 0.2) is 44.7 Å². The highest BCUT2D eigenvalue weighted by Crippen LogP contribution is 2.28. The topological polar surface area (TPSA) is 44.9 Å². The smallest absolute Gasteiger partial charge is 0.269 e. The predicted molar refractivity (Wildman–Crippen MR) is 89.2 cm³/mol. The molecule has 0 aliphatic heterocycles. The quantitative estimate of drug-likeness (QED) is 0.642. The molecule has 0 aliphatic carbocycles. The van der Waals surface area contributed by atoms with Gasteiger partial charge in [0, 0.05) is 15.8 Å². The van der Waals surface area contributed by atoms with Crippen molar-refractivity contribution in [3.05, 3.63) is 55.2 Å². The van der Waals surface area contributed by atoms with E-state index in [1.807, 2.05) is 36.4 Å². The Labute approximate surface area is 136 Å². The third-order valence-corrected chi connectivity index (χ3v) is 5.37. The van der Waals surface area contributed by atoms with Gasteiger partial charge in [-0.1, -0.05) is 18.2 Å². The molecule has 0 bridgehead atoms. The number of rotatable bonds is 3. The van der Waals surface area contributed by atoms with Crippen LogP contribution in [-0.2, 0) is 6.54 Å². The molecule has 20 heavy (non-hydrogen) atoms. The SMILES string of the molecule is O=C(NCc1ccc(Br)s1)c1[nH]c2ccccc2c1Br. The van der Waals surface area contributed by atoms with Crippen molar-refractivity contribution in [1.29, 1.82) is 0 Å². The Morgan fingerprint density at radius 1 is 1.20 bits per heavy atom. The number of nitrogens with one attached hydrogen (secondary N) is 2. The van der Waals surface area contributed by atoms with E-state index in [2.05, 4.69) is 42.2 Å². The van der Waals surface area contributed by atoms with Crippen molar-refractivity contribution in [3.63, 3.8) is 0 Å². The molecule has 2 heterocycles. The van der Waals surface area contributed by atoms with Gasteiger partial charge < -0.3 is 10.3 Å². The highest BCUT2D eigenvalue weighted by Gasteiger charge is 2.15. The summed E-state index contributed by atoms with van der Waals surface area (Å²) < 4.78 is 1.87. The van der Waals surface area contributed by atoms with Gasteiger partial charge in [0.05, 0.1) is 14.8 Å². The molecule has 1 amide bonds. The van der Waals surface area contributed by atoms with Crippen molar-refractivity contribution < 1.29 is 4.79 Å². The van der Waals surface area contributed by atoms with E-state index in [0.29, 0.717) is 12.2 Å². The Balaban J connectivity index is 1.80. The number of carbonyl (C=O) groups excluding carboxylic acids is 1. The van der Waals surface area contributed by atoms with Gasteiger partial charge in [0.25, 0.3) is 5.91 Å². The minimum absolute atomic E-state index is 0.113. The number of thiophene rings is 1. The molecule has 0 aliphatic rings. The van der Waals surface area contributed by atoms with E-state index in [0.717, 1.165) is 24.0 Å². The molecule has 3 rings (SSSR count). The second kappa shape index (κ2) is 5.71. The Morgan fingerprint density at radius 3 is 2.70 bits per heavy atom. The first kappa shape index (κ1) is 13.9. The van der Waals surface area contributed by atoms with Crippen LogP contribution < -0.4 is 5.32 Å². The number of aromatic amines is 1. The zero-order valence-electron chi connectivity index (χ0n) is 10.2. The predicted octanol–water partition coefficient (Wildman–Crippen LogP) is 4.68. The molecule has 0 unspecified atom stereocenters. The molecule has 1 aromatic carbocycles. The fourth-order valence-corrected chi connectivity index (χ4v) is 4.01. The summed E-state index contributed by atoms with van der Waals surface area (Å²) in [6.45, 7) is 0.525. The average Bonchev–Trinajstić information content (AvgIpc) is 3.01. The summed E-state index contributed by atoms with van der Waals surface area (Å²) in [4.78, 5) is 16.5. The van der Waals surface area contributed by atoms with Gasteiger partial charge in [-0.05, 0) is 50.1 Å². The summed E-state index contributed by atoms with van der Waals surface area (Å²) in [6.07, 6.45) is 0. The molecule has 6 heteroatoms. The summed E-state index contributed by atoms with van der Waals surface area (Å²) in [6, 6.07) is 11.8. The van der Waals surface area contributed by atoms with Crippen LogP contribution in [-0.4, -0.2) is 10.9 Å². The highest BCUT2D eigenvalue weighted by molar-refractivity contribution is 9.11. The average molecular weight is 414 g/mol. The molecular weight excluding hydrogens is 404 g/mol. The summed E-state index contributed by atoms with van der Waals surface area (Å²) in [5, 5.41) is 3.93. The fourth-order valence-electron chi connectivity index (χ4n) is 1.97. The second-order valence-corrected chi connectivity index (χ2v) is 7.59. The number of fused-ring (bicyclic) bond motifs is 1. The lowest BCUT2D eigenvalue weighted by molar-refractivity contribution is 0.0946. The molecule has 0 spiro atoms. The van der Waals surface area contributed by atoms with Crippen molar-refractivity contribution in [1.82, 2.24) is 10.3 Å². The summed E-state index contributed by atoms with van der Waals surface area (Å²) >= 11 is 8.51. The van der Waals surface area contributed by atoms with Crippen LogP contribution in [0, 0.1) is 0 Å². The summed E-state index contributed by atoms with van der Waals surface area (Å²) in [5.74, 6) is -0.113. The third kappa shape index (κ3) is 2.68. The van der Waals surface area contributed by atoms with E-state index in [-0.39, 0.29) is 5.91 Å². The number of carbonyl (C=O) groups is 1. The van der Waals surface area contributed by atoms with E-state index in [9.17, 15) is 4.79 Å².